The van der Waals surface area contributed by atoms with Crippen molar-refractivity contribution >= 4 is 5.91 Å². The molecule has 0 bridgehead atoms. The first-order chi connectivity index (χ1) is 23.3. The number of unbranched alkanes of at least 4 members (excludes halogenated alkanes) is 22. The molecule has 6 N–H and O–H groups in total. The fourth-order valence-electron chi connectivity index (χ4n) is 6.33. The van der Waals surface area contributed by atoms with E-state index in [1.165, 1.54) is 116 Å². The Labute approximate surface area is 293 Å². The highest BCUT2D eigenvalue weighted by molar-refractivity contribution is 5.76. The number of amides is 1. The molecule has 284 valence electrons. The number of hydrogen-bond acceptors (Lipinski definition) is 8. The van der Waals surface area contributed by atoms with E-state index in [2.05, 4.69) is 19.2 Å². The van der Waals surface area contributed by atoms with Crippen LogP contribution in [-0.4, -0.2) is 87.5 Å². The Balaban J connectivity index is 2.44. The number of nitrogens with one attached hydrogen (secondary N) is 1. The summed E-state index contributed by atoms with van der Waals surface area (Å²) in [7, 11) is 0. The Morgan fingerprint density at radius 2 is 1.15 bits per heavy atom. The van der Waals surface area contributed by atoms with Crippen LogP contribution in [0.2, 0.25) is 0 Å². The summed E-state index contributed by atoms with van der Waals surface area (Å²) in [4.78, 5) is 12.9. The first-order valence-corrected chi connectivity index (χ1v) is 19.9. The molecule has 2 unspecified atom stereocenters. The lowest BCUT2D eigenvalue weighted by atomic mass is 9.99. The van der Waals surface area contributed by atoms with E-state index in [0.29, 0.717) is 6.42 Å². The molecule has 1 saturated heterocycles. The van der Waals surface area contributed by atoms with Gasteiger partial charge in [0.05, 0.1) is 25.4 Å². The molecule has 0 aliphatic carbocycles. The minimum Gasteiger partial charge on any atom is -0.394 e. The predicted molar refractivity (Wildman–Crippen MR) is 194 cm³/mol. The first-order valence-electron chi connectivity index (χ1n) is 19.9. The van der Waals surface area contributed by atoms with Crippen molar-refractivity contribution in [3.05, 3.63) is 12.2 Å². The van der Waals surface area contributed by atoms with E-state index >= 15 is 0 Å². The van der Waals surface area contributed by atoms with E-state index in [4.69, 9.17) is 9.47 Å². The molecule has 1 aliphatic rings. The van der Waals surface area contributed by atoms with Crippen molar-refractivity contribution in [2.45, 2.75) is 217 Å². The van der Waals surface area contributed by atoms with Gasteiger partial charge in [-0.1, -0.05) is 161 Å². The molecule has 0 aromatic heterocycles. The zero-order valence-electron chi connectivity index (χ0n) is 30.7. The van der Waals surface area contributed by atoms with E-state index in [1.54, 1.807) is 6.08 Å². The third kappa shape index (κ3) is 21.9. The molecule has 0 aromatic rings. The molecule has 0 aromatic carbocycles. The van der Waals surface area contributed by atoms with Crippen LogP contribution >= 0.6 is 0 Å². The Morgan fingerprint density at radius 1 is 0.688 bits per heavy atom. The van der Waals surface area contributed by atoms with Gasteiger partial charge >= 0.3 is 0 Å². The Hall–Kier alpha value is -1.07. The Bertz CT molecular complexity index is 766. The molecular weight excluding hydrogens is 610 g/mol. The van der Waals surface area contributed by atoms with Gasteiger partial charge in [-0.25, -0.2) is 0 Å². The largest absolute Gasteiger partial charge is 0.394 e. The number of rotatable bonds is 32. The highest BCUT2D eigenvalue weighted by Gasteiger charge is 2.44. The zero-order valence-corrected chi connectivity index (χ0v) is 30.7. The number of ether oxygens (including phenoxy) is 2. The Morgan fingerprint density at radius 3 is 1.62 bits per heavy atom. The number of allylic oxidation sites excluding steroid dienone is 1. The van der Waals surface area contributed by atoms with Crippen molar-refractivity contribution in [3.63, 3.8) is 0 Å². The maximum absolute atomic E-state index is 12.9. The van der Waals surface area contributed by atoms with Crippen LogP contribution in [0.5, 0.6) is 0 Å². The summed E-state index contributed by atoms with van der Waals surface area (Å²) in [5.74, 6) is -0.178. The average Bonchev–Trinajstić information content (AvgIpc) is 3.08. The molecule has 0 saturated carbocycles. The fraction of sp³-hybridized carbons (Fsp3) is 0.923. The van der Waals surface area contributed by atoms with Gasteiger partial charge in [0.1, 0.15) is 24.4 Å². The van der Waals surface area contributed by atoms with Gasteiger partial charge in [-0.2, -0.15) is 0 Å². The van der Waals surface area contributed by atoms with Crippen LogP contribution in [0.3, 0.4) is 0 Å². The molecule has 1 amide bonds. The smallest absolute Gasteiger partial charge is 0.220 e. The number of aliphatic hydroxyl groups is 5. The molecule has 9 heteroatoms. The van der Waals surface area contributed by atoms with Crippen LogP contribution in [0.25, 0.3) is 0 Å². The van der Waals surface area contributed by atoms with Gasteiger partial charge < -0.3 is 40.3 Å². The van der Waals surface area contributed by atoms with Crippen LogP contribution in [0, 0.1) is 0 Å². The summed E-state index contributed by atoms with van der Waals surface area (Å²) >= 11 is 0. The van der Waals surface area contributed by atoms with E-state index < -0.39 is 49.5 Å². The normalized spacial score (nSPS) is 22.7. The van der Waals surface area contributed by atoms with Gasteiger partial charge in [0.25, 0.3) is 0 Å². The highest BCUT2D eigenvalue weighted by Crippen LogP contribution is 2.22. The standard InChI is InChI=1S/C39H75NO8/c1-3-5-7-9-11-13-15-17-19-21-23-25-27-29-35(43)40-32(31-47-39-38(46)37(45)36(44)34(30-41)48-39)33(42)28-26-24-22-20-18-16-14-12-10-8-6-4-2/h26,28,32-34,36-39,41-42,44-46H,3-25,27,29-31H2,1-2H3,(H,40,43)/b28-26+/t32-,33+,34+,36+,37?,38?,39+/m0/s1. The summed E-state index contributed by atoms with van der Waals surface area (Å²) in [5.41, 5.74) is 0. The summed E-state index contributed by atoms with van der Waals surface area (Å²) in [6.45, 7) is 3.74. The third-order valence-electron chi connectivity index (χ3n) is 9.61. The van der Waals surface area contributed by atoms with E-state index in [1.807, 2.05) is 6.08 Å². The summed E-state index contributed by atoms with van der Waals surface area (Å²) in [5, 5.41) is 53.9. The fourth-order valence-corrected chi connectivity index (χ4v) is 6.33. The van der Waals surface area contributed by atoms with Crippen LogP contribution in [-0.2, 0) is 14.3 Å². The van der Waals surface area contributed by atoms with Crippen molar-refractivity contribution in [1.29, 1.82) is 0 Å². The van der Waals surface area contributed by atoms with Gasteiger partial charge in [-0.15, -0.1) is 0 Å². The molecule has 1 rings (SSSR count). The number of hydrogen-bond donors (Lipinski definition) is 6. The molecule has 7 atom stereocenters. The second-order valence-electron chi connectivity index (χ2n) is 14.1. The second-order valence-corrected chi connectivity index (χ2v) is 14.1. The molecule has 0 spiro atoms. The molecular formula is C39H75NO8. The molecule has 1 heterocycles. The monoisotopic (exact) mass is 686 g/mol. The van der Waals surface area contributed by atoms with Crippen LogP contribution in [0.1, 0.15) is 174 Å². The molecule has 1 aliphatic heterocycles. The van der Waals surface area contributed by atoms with Crippen molar-refractivity contribution < 1.29 is 39.8 Å². The molecule has 0 radical (unpaired) electrons. The number of carbonyl (C=O) groups is 1. The highest BCUT2D eigenvalue weighted by atomic mass is 16.7. The SMILES string of the molecule is CCCCCCCCCCCC/C=C/[C@@H](O)[C@H](CO[C@@H]1O[C@H](CO)[C@@H](O)C(O)C1O)NC(=O)CCCCCCCCCCCCCCC. The quantitative estimate of drug-likeness (QED) is 0.0328. The van der Waals surface area contributed by atoms with Crippen molar-refractivity contribution in [2.24, 2.45) is 0 Å². The van der Waals surface area contributed by atoms with E-state index in [-0.39, 0.29) is 12.5 Å². The van der Waals surface area contributed by atoms with E-state index in [9.17, 15) is 30.3 Å². The average molecular weight is 686 g/mol. The van der Waals surface area contributed by atoms with Crippen LogP contribution < -0.4 is 5.32 Å². The first kappa shape index (κ1) is 45.0. The minimum atomic E-state index is -1.56. The summed E-state index contributed by atoms with van der Waals surface area (Å²) in [6.07, 6.45) is 25.3. The van der Waals surface area contributed by atoms with Gasteiger partial charge in [0.15, 0.2) is 6.29 Å². The van der Waals surface area contributed by atoms with Crippen molar-refractivity contribution in [1.82, 2.24) is 5.32 Å². The van der Waals surface area contributed by atoms with Crippen LogP contribution in [0.15, 0.2) is 12.2 Å². The summed E-state index contributed by atoms with van der Waals surface area (Å²) in [6, 6.07) is -0.796. The zero-order chi connectivity index (χ0) is 35.2. The minimum absolute atomic E-state index is 0.178. The lowest BCUT2D eigenvalue weighted by Crippen LogP contribution is -2.60. The Kier molecular flexibility index (Phi) is 28.8. The van der Waals surface area contributed by atoms with Gasteiger partial charge in [-0.05, 0) is 19.3 Å². The van der Waals surface area contributed by atoms with E-state index in [0.717, 1.165) is 38.5 Å². The number of carbonyl (C=O) groups excluding carboxylic acids is 1. The second kappa shape index (κ2) is 30.7. The predicted octanol–water partition coefficient (Wildman–Crippen LogP) is 7.00. The van der Waals surface area contributed by atoms with Gasteiger partial charge in [-0.3, -0.25) is 4.79 Å². The van der Waals surface area contributed by atoms with Crippen molar-refractivity contribution in [2.75, 3.05) is 13.2 Å². The van der Waals surface area contributed by atoms with Gasteiger partial charge in [0.2, 0.25) is 5.91 Å². The lowest BCUT2D eigenvalue weighted by Gasteiger charge is -2.40. The molecule has 48 heavy (non-hydrogen) atoms. The maximum Gasteiger partial charge on any atom is 0.220 e. The molecule has 9 nitrogen and oxygen atoms in total. The van der Waals surface area contributed by atoms with Crippen molar-refractivity contribution in [3.8, 4) is 0 Å². The van der Waals surface area contributed by atoms with Crippen LogP contribution in [0.4, 0.5) is 0 Å². The topological polar surface area (TPSA) is 149 Å². The maximum atomic E-state index is 12.9. The number of aliphatic hydroxyl groups excluding tert-OH is 5. The summed E-state index contributed by atoms with van der Waals surface area (Å²) < 4.78 is 11.2. The molecule has 1 fully saturated rings. The lowest BCUT2D eigenvalue weighted by molar-refractivity contribution is -0.302. The third-order valence-corrected chi connectivity index (χ3v) is 9.61. The van der Waals surface area contributed by atoms with Gasteiger partial charge in [0, 0.05) is 6.42 Å².